The van der Waals surface area contributed by atoms with Crippen LogP contribution in [0.15, 0.2) is 17.0 Å². The summed E-state index contributed by atoms with van der Waals surface area (Å²) < 4.78 is 22.0. The maximum Gasteiger partial charge on any atom is 0.261 e. The van der Waals surface area contributed by atoms with Crippen LogP contribution in [0.2, 0.25) is 0 Å². The van der Waals surface area contributed by atoms with E-state index in [9.17, 15) is 13.5 Å². The number of hydrogen-bond acceptors (Lipinski definition) is 4. The number of nitrogens with zero attached hydrogens (tertiary/aromatic N) is 1. The Balaban J connectivity index is 3.58. The minimum atomic E-state index is -3.87. The zero-order valence-electron chi connectivity index (χ0n) is 7.15. The smallest absolute Gasteiger partial charge is 0.261 e. The molecule has 0 bridgehead atoms. The molecule has 0 saturated heterocycles. The molecule has 4 nitrogen and oxygen atoms in total. The van der Waals surface area contributed by atoms with Crippen molar-refractivity contribution in [3.05, 3.63) is 23.3 Å². The second-order valence-electron chi connectivity index (χ2n) is 2.68. The summed E-state index contributed by atoms with van der Waals surface area (Å²) in [4.78, 5) is -0.159. The molecule has 1 N–H and O–H groups in total. The Morgan fingerprint density at radius 2 is 2.07 bits per heavy atom. The van der Waals surface area contributed by atoms with Gasteiger partial charge in [-0.25, -0.2) is 8.42 Å². The van der Waals surface area contributed by atoms with E-state index in [0.717, 1.165) is 6.07 Å². The van der Waals surface area contributed by atoms with Crippen LogP contribution in [0.1, 0.15) is 11.1 Å². The summed E-state index contributed by atoms with van der Waals surface area (Å²) in [6.07, 6.45) is 0. The molecular weight excluding hydrogens is 226 g/mol. The zero-order chi connectivity index (χ0) is 10.9. The second kappa shape index (κ2) is 3.48. The second-order valence-corrected chi connectivity index (χ2v) is 5.22. The first-order chi connectivity index (χ1) is 6.36. The van der Waals surface area contributed by atoms with E-state index in [-0.39, 0.29) is 16.2 Å². The molecule has 0 unspecified atom stereocenters. The van der Waals surface area contributed by atoms with E-state index < -0.39 is 9.05 Å². The maximum atomic E-state index is 11.0. The minimum absolute atomic E-state index is 0.116. The quantitative estimate of drug-likeness (QED) is 0.743. The molecule has 0 aromatic heterocycles. The molecule has 0 spiro atoms. The number of aromatic hydroxyl groups is 1. The predicted molar refractivity (Wildman–Crippen MR) is 50.6 cm³/mol. The fourth-order valence-electron chi connectivity index (χ4n) is 1.03. The van der Waals surface area contributed by atoms with Crippen molar-refractivity contribution in [3.8, 4) is 11.8 Å². The Bertz CT molecular complexity index is 516. The lowest BCUT2D eigenvalue weighted by Gasteiger charge is -2.03. The third kappa shape index (κ3) is 1.97. The predicted octanol–water partition coefficient (Wildman–Crippen LogP) is 1.50. The molecule has 0 aliphatic carbocycles. The van der Waals surface area contributed by atoms with Gasteiger partial charge < -0.3 is 5.11 Å². The lowest BCUT2D eigenvalue weighted by molar-refractivity contribution is 0.472. The Hall–Kier alpha value is -1.25. The van der Waals surface area contributed by atoms with Crippen LogP contribution >= 0.6 is 10.7 Å². The molecule has 0 radical (unpaired) electrons. The number of phenols is 1. The Morgan fingerprint density at radius 3 is 2.50 bits per heavy atom. The molecule has 0 atom stereocenters. The third-order valence-electron chi connectivity index (χ3n) is 1.68. The molecule has 0 saturated carbocycles. The molecule has 1 rings (SSSR count). The molecule has 74 valence electrons. The van der Waals surface area contributed by atoms with E-state index in [1.54, 1.807) is 6.07 Å². The number of halogens is 1. The highest BCUT2D eigenvalue weighted by molar-refractivity contribution is 8.13. The van der Waals surface area contributed by atoms with Crippen LogP contribution in [-0.2, 0) is 9.05 Å². The fraction of sp³-hybridized carbons (Fsp3) is 0.125. The standard InChI is InChI=1S/C8H6ClNO3S/c1-5-2-7(11)6(4-10)3-8(5)14(9,12)13/h2-3,11H,1H3. The average molecular weight is 232 g/mol. The molecule has 0 amide bonds. The first kappa shape index (κ1) is 10.8. The van der Waals surface area contributed by atoms with E-state index in [4.69, 9.17) is 15.9 Å². The minimum Gasteiger partial charge on any atom is -0.507 e. The summed E-state index contributed by atoms with van der Waals surface area (Å²) in [5, 5.41) is 17.8. The highest BCUT2D eigenvalue weighted by Gasteiger charge is 2.16. The first-order valence-electron chi connectivity index (χ1n) is 3.54. The van der Waals surface area contributed by atoms with E-state index in [2.05, 4.69) is 0 Å². The summed E-state index contributed by atoms with van der Waals surface area (Å²) in [5.41, 5.74) is 0.186. The molecule has 14 heavy (non-hydrogen) atoms. The summed E-state index contributed by atoms with van der Waals surface area (Å²) in [7, 11) is 1.25. The Labute approximate surface area is 85.8 Å². The zero-order valence-corrected chi connectivity index (χ0v) is 8.72. The van der Waals surface area contributed by atoms with Crippen molar-refractivity contribution >= 4 is 19.7 Å². The van der Waals surface area contributed by atoms with Gasteiger partial charge in [0.05, 0.1) is 10.5 Å². The summed E-state index contributed by atoms with van der Waals surface area (Å²) in [6.45, 7) is 1.48. The summed E-state index contributed by atoms with van der Waals surface area (Å²) in [6, 6.07) is 3.90. The van der Waals surface area contributed by atoms with Crippen molar-refractivity contribution in [1.29, 1.82) is 5.26 Å². The van der Waals surface area contributed by atoms with Crippen molar-refractivity contribution in [2.75, 3.05) is 0 Å². The van der Waals surface area contributed by atoms with E-state index >= 15 is 0 Å². The van der Waals surface area contributed by atoms with Gasteiger partial charge in [0.25, 0.3) is 9.05 Å². The van der Waals surface area contributed by atoms with Crippen molar-refractivity contribution < 1.29 is 13.5 Å². The van der Waals surface area contributed by atoms with Crippen LogP contribution in [-0.4, -0.2) is 13.5 Å². The largest absolute Gasteiger partial charge is 0.507 e. The van der Waals surface area contributed by atoms with Crippen LogP contribution in [0.25, 0.3) is 0 Å². The van der Waals surface area contributed by atoms with Crippen molar-refractivity contribution in [3.63, 3.8) is 0 Å². The lowest BCUT2D eigenvalue weighted by Crippen LogP contribution is -1.95. The molecular formula is C8H6ClNO3S. The number of phenolic OH excluding ortho intramolecular Hbond substituents is 1. The van der Waals surface area contributed by atoms with Crippen molar-refractivity contribution in [2.24, 2.45) is 0 Å². The van der Waals surface area contributed by atoms with Gasteiger partial charge in [0.1, 0.15) is 11.8 Å². The van der Waals surface area contributed by atoms with E-state index in [0.29, 0.717) is 5.56 Å². The van der Waals surface area contributed by atoms with Crippen LogP contribution in [0.4, 0.5) is 0 Å². The normalized spacial score (nSPS) is 10.9. The van der Waals surface area contributed by atoms with E-state index in [1.165, 1.54) is 13.0 Å². The number of benzene rings is 1. The molecule has 1 aromatic carbocycles. The van der Waals surface area contributed by atoms with Gasteiger partial charge in [0.2, 0.25) is 0 Å². The van der Waals surface area contributed by atoms with Crippen LogP contribution in [0, 0.1) is 18.3 Å². The Kier molecular flexibility index (Phi) is 2.69. The SMILES string of the molecule is Cc1cc(O)c(C#N)cc1S(=O)(=O)Cl. The van der Waals surface area contributed by atoms with Crippen LogP contribution in [0.3, 0.4) is 0 Å². The van der Waals surface area contributed by atoms with Gasteiger partial charge in [0, 0.05) is 10.7 Å². The van der Waals surface area contributed by atoms with Crippen LogP contribution in [0.5, 0.6) is 5.75 Å². The van der Waals surface area contributed by atoms with Crippen LogP contribution < -0.4 is 0 Å². The average Bonchev–Trinajstić information content (AvgIpc) is 2.02. The van der Waals surface area contributed by atoms with Gasteiger partial charge in [-0.2, -0.15) is 5.26 Å². The lowest BCUT2D eigenvalue weighted by atomic mass is 10.1. The van der Waals surface area contributed by atoms with Gasteiger partial charge in [0.15, 0.2) is 0 Å². The summed E-state index contributed by atoms with van der Waals surface area (Å²) in [5.74, 6) is -0.255. The number of aryl methyl sites for hydroxylation is 1. The number of nitriles is 1. The fourth-order valence-corrected chi connectivity index (χ4v) is 2.23. The maximum absolute atomic E-state index is 11.0. The summed E-state index contributed by atoms with van der Waals surface area (Å²) >= 11 is 0. The van der Waals surface area contributed by atoms with Gasteiger partial charge >= 0.3 is 0 Å². The molecule has 0 fully saturated rings. The number of hydrogen-bond donors (Lipinski definition) is 1. The van der Waals surface area contributed by atoms with E-state index in [1.807, 2.05) is 0 Å². The van der Waals surface area contributed by atoms with Gasteiger partial charge in [-0.15, -0.1) is 0 Å². The van der Waals surface area contributed by atoms with Gasteiger partial charge in [-0.3, -0.25) is 0 Å². The Morgan fingerprint density at radius 1 is 1.50 bits per heavy atom. The first-order valence-corrected chi connectivity index (χ1v) is 5.85. The topological polar surface area (TPSA) is 78.2 Å². The van der Waals surface area contributed by atoms with Crippen molar-refractivity contribution in [2.45, 2.75) is 11.8 Å². The molecule has 1 aromatic rings. The number of rotatable bonds is 1. The molecule has 6 heteroatoms. The van der Waals surface area contributed by atoms with Crippen molar-refractivity contribution in [1.82, 2.24) is 0 Å². The highest BCUT2D eigenvalue weighted by Crippen LogP contribution is 2.26. The van der Waals surface area contributed by atoms with Gasteiger partial charge in [-0.1, -0.05) is 0 Å². The monoisotopic (exact) mass is 231 g/mol. The third-order valence-corrected chi connectivity index (χ3v) is 3.14. The molecule has 0 aliphatic heterocycles. The highest BCUT2D eigenvalue weighted by atomic mass is 35.7. The molecule has 0 heterocycles. The molecule has 0 aliphatic rings. The van der Waals surface area contributed by atoms with Gasteiger partial charge in [-0.05, 0) is 24.6 Å².